The minimum atomic E-state index is -0.302. The van der Waals surface area contributed by atoms with Gasteiger partial charge >= 0.3 is 0 Å². The van der Waals surface area contributed by atoms with Crippen LogP contribution in [0, 0.1) is 5.92 Å². The Kier molecular flexibility index (Phi) is 4.12. The number of hydrogen-bond acceptors (Lipinski definition) is 3. The predicted molar refractivity (Wildman–Crippen MR) is 97.4 cm³/mol. The number of carbonyl (C=O) groups is 2. The fourth-order valence-electron chi connectivity index (χ4n) is 4.48. The minimum Gasteiger partial charge on any atom is -0.358 e. The molecular formula is C20H25N3O2. The third-order valence-corrected chi connectivity index (χ3v) is 5.90. The number of likely N-dealkylation sites (tertiary alicyclic amines) is 1. The van der Waals surface area contributed by atoms with Crippen LogP contribution in [0.5, 0.6) is 0 Å². The van der Waals surface area contributed by atoms with Crippen molar-refractivity contribution in [3.05, 3.63) is 35.5 Å². The van der Waals surface area contributed by atoms with Gasteiger partial charge in [-0.3, -0.25) is 14.5 Å². The first-order chi connectivity index (χ1) is 12.2. The van der Waals surface area contributed by atoms with E-state index in [-0.39, 0.29) is 23.7 Å². The van der Waals surface area contributed by atoms with Gasteiger partial charge in [-0.05, 0) is 37.6 Å². The van der Waals surface area contributed by atoms with Crippen LogP contribution in [-0.2, 0) is 16.0 Å². The van der Waals surface area contributed by atoms with Crippen LogP contribution in [0.3, 0.4) is 0 Å². The first kappa shape index (κ1) is 16.3. The summed E-state index contributed by atoms with van der Waals surface area (Å²) in [4.78, 5) is 33.2. The number of hydrogen-bond donors (Lipinski definition) is 1. The Bertz CT molecular complexity index is 821. The van der Waals surface area contributed by atoms with Crippen molar-refractivity contribution in [2.45, 2.75) is 32.6 Å². The van der Waals surface area contributed by atoms with Crippen LogP contribution in [-0.4, -0.2) is 52.8 Å². The number of H-pyrrole nitrogens is 1. The highest BCUT2D eigenvalue weighted by molar-refractivity contribution is 6.10. The molecule has 1 aliphatic heterocycles. The average Bonchev–Trinajstić information content (AvgIpc) is 3.12. The molecule has 2 unspecified atom stereocenters. The molecule has 1 aromatic carbocycles. The van der Waals surface area contributed by atoms with Gasteiger partial charge in [0.1, 0.15) is 0 Å². The number of nitrogens with zero attached hydrogens (tertiary/aromatic N) is 2. The third kappa shape index (κ3) is 2.49. The number of fused-ring (bicyclic) bond motifs is 5. The zero-order chi connectivity index (χ0) is 17.6. The number of amides is 2. The molecule has 2 heterocycles. The fraction of sp³-hybridized carbons (Fsp3) is 0.500. The second-order valence-corrected chi connectivity index (χ2v) is 7.04. The number of carbonyl (C=O) groups excluding carboxylic acids is 2. The maximum absolute atomic E-state index is 13.1. The molecule has 5 heteroatoms. The standard InChI is InChI=1S/C20H25N3O2/c1-3-22(4-2)11-12-23-19(24)14-9-10-16-17(18(14)20(23)25)13-7-5-6-8-15(13)21-16/h5-8,14,18,21H,3-4,9-12H2,1-2H3. The van der Waals surface area contributed by atoms with Crippen LogP contribution in [0.25, 0.3) is 10.9 Å². The summed E-state index contributed by atoms with van der Waals surface area (Å²) in [5.74, 6) is -0.467. The van der Waals surface area contributed by atoms with Gasteiger partial charge in [0.2, 0.25) is 11.8 Å². The molecule has 1 saturated heterocycles. The van der Waals surface area contributed by atoms with Gasteiger partial charge in [-0.1, -0.05) is 32.0 Å². The molecule has 2 atom stereocenters. The highest BCUT2D eigenvalue weighted by atomic mass is 16.2. The normalized spacial score (nSPS) is 22.8. The van der Waals surface area contributed by atoms with E-state index in [2.05, 4.69) is 29.8 Å². The van der Waals surface area contributed by atoms with Crippen LogP contribution >= 0.6 is 0 Å². The molecule has 0 spiro atoms. The van der Waals surface area contributed by atoms with E-state index in [1.807, 2.05) is 18.2 Å². The molecule has 4 rings (SSSR count). The number of rotatable bonds is 5. The number of likely N-dealkylation sites (N-methyl/N-ethyl adjacent to an activating group) is 1. The number of aryl methyl sites for hydroxylation is 1. The van der Waals surface area contributed by atoms with Gasteiger partial charge in [0.25, 0.3) is 0 Å². The monoisotopic (exact) mass is 339 g/mol. The van der Waals surface area contributed by atoms with Crippen molar-refractivity contribution in [1.29, 1.82) is 0 Å². The van der Waals surface area contributed by atoms with Crippen molar-refractivity contribution in [3.8, 4) is 0 Å². The molecule has 132 valence electrons. The van der Waals surface area contributed by atoms with Gasteiger partial charge in [-0.25, -0.2) is 0 Å². The van der Waals surface area contributed by atoms with Gasteiger partial charge in [0.15, 0.2) is 0 Å². The largest absolute Gasteiger partial charge is 0.358 e. The minimum absolute atomic E-state index is 0.00661. The summed E-state index contributed by atoms with van der Waals surface area (Å²) in [6.45, 7) is 7.34. The number of imide groups is 1. The van der Waals surface area contributed by atoms with E-state index in [0.29, 0.717) is 6.54 Å². The number of para-hydroxylation sites is 1. The summed E-state index contributed by atoms with van der Waals surface area (Å²) < 4.78 is 0. The lowest BCUT2D eigenvalue weighted by Crippen LogP contribution is -2.38. The lowest BCUT2D eigenvalue weighted by molar-refractivity contribution is -0.139. The summed E-state index contributed by atoms with van der Waals surface area (Å²) in [7, 11) is 0. The number of aromatic nitrogens is 1. The molecule has 2 aromatic rings. The van der Waals surface area contributed by atoms with Crippen molar-refractivity contribution in [1.82, 2.24) is 14.8 Å². The van der Waals surface area contributed by atoms with Crippen LogP contribution in [0.1, 0.15) is 37.4 Å². The van der Waals surface area contributed by atoms with Crippen molar-refractivity contribution in [2.75, 3.05) is 26.2 Å². The summed E-state index contributed by atoms with van der Waals surface area (Å²) in [6, 6.07) is 8.10. The summed E-state index contributed by atoms with van der Waals surface area (Å²) >= 11 is 0. The highest BCUT2D eigenvalue weighted by Crippen LogP contribution is 2.45. The molecule has 5 nitrogen and oxygen atoms in total. The molecule has 1 fully saturated rings. The average molecular weight is 339 g/mol. The molecule has 2 amide bonds. The molecule has 0 saturated carbocycles. The van der Waals surface area contributed by atoms with Crippen molar-refractivity contribution in [2.24, 2.45) is 5.92 Å². The molecule has 0 radical (unpaired) electrons. The van der Waals surface area contributed by atoms with E-state index in [4.69, 9.17) is 0 Å². The molecular weight excluding hydrogens is 314 g/mol. The smallest absolute Gasteiger partial charge is 0.237 e. The van der Waals surface area contributed by atoms with E-state index >= 15 is 0 Å². The Balaban J connectivity index is 1.66. The second kappa shape index (κ2) is 6.30. The van der Waals surface area contributed by atoms with Gasteiger partial charge in [-0.15, -0.1) is 0 Å². The van der Waals surface area contributed by atoms with Crippen molar-refractivity contribution < 1.29 is 9.59 Å². The van der Waals surface area contributed by atoms with Crippen LogP contribution in [0.15, 0.2) is 24.3 Å². The molecule has 1 aliphatic carbocycles. The van der Waals surface area contributed by atoms with Crippen molar-refractivity contribution in [3.63, 3.8) is 0 Å². The van der Waals surface area contributed by atoms with Gasteiger partial charge in [0.05, 0.1) is 11.8 Å². The van der Waals surface area contributed by atoms with Crippen LogP contribution in [0.4, 0.5) is 0 Å². The lowest BCUT2D eigenvalue weighted by Gasteiger charge is -2.22. The summed E-state index contributed by atoms with van der Waals surface area (Å²) in [5, 5.41) is 1.10. The first-order valence-electron chi connectivity index (χ1n) is 9.32. The highest BCUT2D eigenvalue weighted by Gasteiger charge is 2.51. The number of benzene rings is 1. The van der Waals surface area contributed by atoms with E-state index < -0.39 is 0 Å². The zero-order valence-electron chi connectivity index (χ0n) is 14.9. The van der Waals surface area contributed by atoms with E-state index in [0.717, 1.165) is 54.6 Å². The van der Waals surface area contributed by atoms with Gasteiger partial charge < -0.3 is 9.88 Å². The number of aromatic amines is 1. The quantitative estimate of drug-likeness (QED) is 0.852. The maximum atomic E-state index is 13.1. The van der Waals surface area contributed by atoms with Gasteiger partial charge in [0, 0.05) is 29.7 Å². The molecule has 2 aliphatic rings. The summed E-state index contributed by atoms with van der Waals surface area (Å²) in [6.07, 6.45) is 1.60. The molecule has 25 heavy (non-hydrogen) atoms. The van der Waals surface area contributed by atoms with Gasteiger partial charge in [-0.2, -0.15) is 0 Å². The number of nitrogens with one attached hydrogen (secondary N) is 1. The predicted octanol–water partition coefficient (Wildman–Crippen LogP) is 2.52. The Hall–Kier alpha value is -2.14. The Morgan fingerprint density at radius 1 is 1.16 bits per heavy atom. The first-order valence-corrected chi connectivity index (χ1v) is 9.32. The van der Waals surface area contributed by atoms with Crippen molar-refractivity contribution >= 4 is 22.7 Å². The Morgan fingerprint density at radius 3 is 2.68 bits per heavy atom. The molecule has 0 bridgehead atoms. The molecule has 1 aromatic heterocycles. The van der Waals surface area contributed by atoms with Crippen LogP contribution < -0.4 is 0 Å². The Labute approximate surface area is 148 Å². The van der Waals surface area contributed by atoms with E-state index in [9.17, 15) is 9.59 Å². The topological polar surface area (TPSA) is 56.4 Å². The van der Waals surface area contributed by atoms with E-state index in [1.54, 1.807) is 0 Å². The lowest BCUT2D eigenvalue weighted by atomic mass is 9.78. The summed E-state index contributed by atoms with van der Waals surface area (Å²) in [5.41, 5.74) is 3.26. The zero-order valence-corrected chi connectivity index (χ0v) is 14.9. The maximum Gasteiger partial charge on any atom is 0.237 e. The molecule has 1 N–H and O–H groups in total. The second-order valence-electron chi connectivity index (χ2n) is 7.04. The van der Waals surface area contributed by atoms with Crippen LogP contribution in [0.2, 0.25) is 0 Å². The third-order valence-electron chi connectivity index (χ3n) is 5.90. The SMILES string of the molecule is CCN(CC)CCN1C(=O)C2CCc3[nH]c4ccccc4c3C2C1=O. The Morgan fingerprint density at radius 2 is 1.92 bits per heavy atom. The fourth-order valence-corrected chi connectivity index (χ4v) is 4.48. The van der Waals surface area contributed by atoms with E-state index in [1.165, 1.54) is 4.90 Å².